The van der Waals surface area contributed by atoms with Crippen LogP contribution in [0, 0.1) is 0 Å². The van der Waals surface area contributed by atoms with Crippen molar-refractivity contribution >= 4 is 17.5 Å². The van der Waals surface area contributed by atoms with E-state index < -0.39 is 0 Å². The van der Waals surface area contributed by atoms with Gasteiger partial charge >= 0.3 is 0 Å². The van der Waals surface area contributed by atoms with E-state index in [2.05, 4.69) is 17.2 Å². The Bertz CT molecular complexity index is 832. The van der Waals surface area contributed by atoms with Gasteiger partial charge in [-0.1, -0.05) is 54.1 Å². The maximum atomic E-state index is 12.8. The quantitative estimate of drug-likeness (QED) is 0.571. The molecule has 0 aliphatic carbocycles. The normalized spacial score (nSPS) is 11.9. The molecule has 5 heteroatoms. The van der Waals surface area contributed by atoms with Crippen molar-refractivity contribution in [3.63, 3.8) is 0 Å². The van der Waals surface area contributed by atoms with Gasteiger partial charge in [0.1, 0.15) is 0 Å². The molecule has 0 unspecified atom stereocenters. The van der Waals surface area contributed by atoms with Gasteiger partial charge in [-0.2, -0.15) is 5.10 Å². The number of rotatable bonds is 8. The van der Waals surface area contributed by atoms with E-state index in [1.165, 1.54) is 0 Å². The minimum Gasteiger partial charge on any atom is -0.346 e. The fourth-order valence-electron chi connectivity index (χ4n) is 3.17. The fraction of sp³-hybridized carbons (Fsp3) is 0.273. The van der Waals surface area contributed by atoms with Crippen LogP contribution in [0.3, 0.4) is 0 Å². The number of amides is 1. The van der Waals surface area contributed by atoms with Crippen molar-refractivity contribution in [2.45, 2.75) is 25.3 Å². The molecule has 2 aromatic carbocycles. The van der Waals surface area contributed by atoms with Gasteiger partial charge in [0, 0.05) is 49.9 Å². The van der Waals surface area contributed by atoms with Gasteiger partial charge in [-0.05, 0) is 35.7 Å². The first-order valence-corrected chi connectivity index (χ1v) is 9.53. The minimum absolute atomic E-state index is 0.0181. The standard InChI is InChI=1S/C22H24ClN3O/c1-25(14-6-16-26-15-5-13-24-26)22(27)17-21(18-7-3-2-4-8-18)19-9-11-20(23)12-10-19/h2-5,7-13,15,21H,6,14,16-17H2,1H3/t21-/m1/s1. The van der Waals surface area contributed by atoms with Crippen molar-refractivity contribution in [3.05, 3.63) is 89.2 Å². The van der Waals surface area contributed by atoms with Crippen molar-refractivity contribution in [2.24, 2.45) is 0 Å². The molecule has 1 amide bonds. The molecule has 0 fully saturated rings. The number of carbonyl (C=O) groups excluding carboxylic acids is 1. The van der Waals surface area contributed by atoms with Crippen molar-refractivity contribution < 1.29 is 4.79 Å². The second-order valence-corrected chi connectivity index (χ2v) is 7.09. The second-order valence-electron chi connectivity index (χ2n) is 6.66. The van der Waals surface area contributed by atoms with E-state index in [-0.39, 0.29) is 11.8 Å². The Hall–Kier alpha value is -2.59. The molecule has 1 heterocycles. The number of nitrogens with zero attached hydrogens (tertiary/aromatic N) is 3. The van der Waals surface area contributed by atoms with Gasteiger partial charge in [-0.3, -0.25) is 9.48 Å². The van der Waals surface area contributed by atoms with Crippen molar-refractivity contribution in [3.8, 4) is 0 Å². The summed E-state index contributed by atoms with van der Waals surface area (Å²) in [5.74, 6) is 0.156. The molecule has 0 spiro atoms. The molecule has 140 valence electrons. The molecule has 0 aliphatic rings. The van der Waals surface area contributed by atoms with Gasteiger partial charge in [0.2, 0.25) is 5.91 Å². The summed E-state index contributed by atoms with van der Waals surface area (Å²) in [5, 5.41) is 4.90. The molecule has 0 aliphatic heterocycles. The molecule has 4 nitrogen and oxygen atoms in total. The zero-order valence-electron chi connectivity index (χ0n) is 15.5. The lowest BCUT2D eigenvalue weighted by atomic mass is 9.88. The van der Waals surface area contributed by atoms with Crippen LogP contribution in [0.2, 0.25) is 5.02 Å². The van der Waals surface area contributed by atoms with Gasteiger partial charge in [-0.25, -0.2) is 0 Å². The van der Waals surface area contributed by atoms with Crippen LogP contribution in [0.1, 0.15) is 29.9 Å². The topological polar surface area (TPSA) is 38.1 Å². The third-order valence-corrected chi connectivity index (χ3v) is 4.97. The summed E-state index contributed by atoms with van der Waals surface area (Å²) in [6.45, 7) is 1.52. The Kier molecular flexibility index (Phi) is 6.66. The molecule has 1 atom stereocenters. The molecular weight excluding hydrogens is 358 g/mol. The Morgan fingerprint density at radius 2 is 1.78 bits per heavy atom. The fourth-order valence-corrected chi connectivity index (χ4v) is 3.29. The van der Waals surface area contributed by atoms with E-state index in [0.29, 0.717) is 18.0 Å². The lowest BCUT2D eigenvalue weighted by molar-refractivity contribution is -0.130. The highest BCUT2D eigenvalue weighted by Gasteiger charge is 2.20. The van der Waals surface area contributed by atoms with E-state index in [1.807, 2.05) is 71.4 Å². The Morgan fingerprint density at radius 1 is 1.07 bits per heavy atom. The largest absolute Gasteiger partial charge is 0.346 e. The van der Waals surface area contributed by atoms with Crippen LogP contribution in [-0.4, -0.2) is 34.2 Å². The number of hydrogen-bond donors (Lipinski definition) is 0. The van der Waals surface area contributed by atoms with Crippen LogP contribution in [-0.2, 0) is 11.3 Å². The predicted molar refractivity (Wildman–Crippen MR) is 109 cm³/mol. The average Bonchev–Trinajstić information content (AvgIpc) is 3.21. The summed E-state index contributed by atoms with van der Waals surface area (Å²) in [6, 6.07) is 19.8. The first kappa shape index (κ1) is 19.2. The predicted octanol–water partition coefficient (Wildman–Crippen LogP) is 4.61. The molecule has 0 saturated carbocycles. The van der Waals surface area contributed by atoms with Crippen LogP contribution in [0.4, 0.5) is 0 Å². The van der Waals surface area contributed by atoms with Crippen molar-refractivity contribution in [1.29, 1.82) is 0 Å². The highest BCUT2D eigenvalue weighted by Crippen LogP contribution is 2.29. The van der Waals surface area contributed by atoms with Crippen LogP contribution >= 0.6 is 11.6 Å². The minimum atomic E-state index is 0.0181. The van der Waals surface area contributed by atoms with Crippen molar-refractivity contribution in [2.75, 3.05) is 13.6 Å². The van der Waals surface area contributed by atoms with Gasteiger partial charge in [0.25, 0.3) is 0 Å². The lowest BCUT2D eigenvalue weighted by Crippen LogP contribution is -2.29. The zero-order valence-corrected chi connectivity index (χ0v) is 16.2. The summed E-state index contributed by atoms with van der Waals surface area (Å²) in [7, 11) is 1.87. The van der Waals surface area contributed by atoms with E-state index in [0.717, 1.165) is 24.1 Å². The second kappa shape index (κ2) is 9.38. The van der Waals surface area contributed by atoms with Crippen LogP contribution in [0.25, 0.3) is 0 Å². The number of aryl methyl sites for hydroxylation is 1. The number of benzene rings is 2. The summed E-state index contributed by atoms with van der Waals surface area (Å²) in [6.07, 6.45) is 5.02. The van der Waals surface area contributed by atoms with Gasteiger partial charge in [-0.15, -0.1) is 0 Å². The summed E-state index contributed by atoms with van der Waals surface area (Å²) >= 11 is 6.04. The number of aromatic nitrogens is 2. The van der Waals surface area contributed by atoms with E-state index in [4.69, 9.17) is 11.6 Å². The highest BCUT2D eigenvalue weighted by atomic mass is 35.5. The molecular formula is C22H24ClN3O. The third-order valence-electron chi connectivity index (χ3n) is 4.72. The molecule has 0 saturated heterocycles. The third kappa shape index (κ3) is 5.44. The molecule has 27 heavy (non-hydrogen) atoms. The monoisotopic (exact) mass is 381 g/mol. The van der Waals surface area contributed by atoms with Gasteiger partial charge < -0.3 is 4.90 Å². The van der Waals surface area contributed by atoms with E-state index in [1.54, 1.807) is 6.20 Å². The molecule has 1 aromatic heterocycles. The Balaban J connectivity index is 1.65. The molecule has 0 N–H and O–H groups in total. The lowest BCUT2D eigenvalue weighted by Gasteiger charge is -2.22. The van der Waals surface area contributed by atoms with E-state index >= 15 is 0 Å². The van der Waals surface area contributed by atoms with Gasteiger partial charge in [0.05, 0.1) is 0 Å². The summed E-state index contributed by atoms with van der Waals surface area (Å²) in [4.78, 5) is 14.7. The van der Waals surface area contributed by atoms with Crippen LogP contribution in [0.15, 0.2) is 73.1 Å². The number of hydrogen-bond acceptors (Lipinski definition) is 2. The highest BCUT2D eigenvalue weighted by molar-refractivity contribution is 6.30. The molecule has 0 bridgehead atoms. The summed E-state index contributed by atoms with van der Waals surface area (Å²) < 4.78 is 1.89. The average molecular weight is 382 g/mol. The number of carbonyl (C=O) groups is 1. The Labute approximate surface area is 165 Å². The first-order valence-electron chi connectivity index (χ1n) is 9.15. The first-order chi connectivity index (χ1) is 13.1. The van der Waals surface area contributed by atoms with E-state index in [9.17, 15) is 4.79 Å². The maximum absolute atomic E-state index is 12.8. The smallest absolute Gasteiger partial charge is 0.223 e. The molecule has 0 radical (unpaired) electrons. The molecule has 3 rings (SSSR count). The number of halogens is 1. The van der Waals surface area contributed by atoms with Gasteiger partial charge in [0.15, 0.2) is 0 Å². The maximum Gasteiger partial charge on any atom is 0.223 e. The summed E-state index contributed by atoms with van der Waals surface area (Å²) in [5.41, 5.74) is 2.24. The van der Waals surface area contributed by atoms with Crippen LogP contribution in [0.5, 0.6) is 0 Å². The Morgan fingerprint density at radius 3 is 2.44 bits per heavy atom. The van der Waals surface area contributed by atoms with Crippen molar-refractivity contribution in [1.82, 2.24) is 14.7 Å². The molecule has 3 aromatic rings. The van der Waals surface area contributed by atoms with Crippen LogP contribution < -0.4 is 0 Å². The SMILES string of the molecule is CN(CCCn1cccn1)C(=O)C[C@H](c1ccccc1)c1ccc(Cl)cc1. The zero-order chi connectivity index (χ0) is 19.1.